The smallest absolute Gasteiger partial charge is 0.335 e. The highest BCUT2D eigenvalue weighted by Crippen LogP contribution is 2.35. The molecule has 3 aromatic carbocycles. The van der Waals surface area contributed by atoms with Crippen molar-refractivity contribution in [2.75, 3.05) is 0 Å². The first-order chi connectivity index (χ1) is 20.7. The van der Waals surface area contributed by atoms with E-state index in [9.17, 15) is 28.3 Å². The number of rotatable bonds is 7. The first-order valence-corrected chi connectivity index (χ1v) is 13.5. The summed E-state index contributed by atoms with van der Waals surface area (Å²) in [6.45, 7) is 1.68. The molecule has 3 N–H and O–H groups in total. The number of carboxylic acids is 1. The highest BCUT2D eigenvalue weighted by molar-refractivity contribution is 5.98. The molecule has 5 aromatic rings. The number of amides is 2. The van der Waals surface area contributed by atoms with Gasteiger partial charge in [-0.15, -0.1) is 0 Å². The highest BCUT2D eigenvalue weighted by Gasteiger charge is 2.29. The number of carbonyl (C=O) groups excluding carboxylic acids is 2. The molecule has 216 valence electrons. The van der Waals surface area contributed by atoms with Gasteiger partial charge in [-0.2, -0.15) is 5.10 Å². The lowest BCUT2D eigenvalue weighted by molar-refractivity contribution is 0.0695. The third-order valence-corrected chi connectivity index (χ3v) is 7.63. The Balaban J connectivity index is 1.33. The van der Waals surface area contributed by atoms with E-state index in [0.29, 0.717) is 29.7 Å². The molecule has 0 spiro atoms. The predicted molar refractivity (Wildman–Crippen MR) is 153 cm³/mol. The van der Waals surface area contributed by atoms with Gasteiger partial charge < -0.3 is 15.7 Å². The van der Waals surface area contributed by atoms with Crippen LogP contribution in [0.25, 0.3) is 16.9 Å². The summed E-state index contributed by atoms with van der Waals surface area (Å²) in [7, 11) is 0. The maximum absolute atomic E-state index is 13.8. The van der Waals surface area contributed by atoms with Crippen molar-refractivity contribution in [1.29, 1.82) is 0 Å². The van der Waals surface area contributed by atoms with Crippen LogP contribution in [0.15, 0.2) is 72.8 Å². The van der Waals surface area contributed by atoms with Gasteiger partial charge in [-0.05, 0) is 60.2 Å². The lowest BCUT2D eigenvalue weighted by Crippen LogP contribution is -2.30. The Bertz CT molecular complexity index is 1920. The summed E-state index contributed by atoms with van der Waals surface area (Å²) < 4.78 is 28.3. The van der Waals surface area contributed by atoms with Crippen molar-refractivity contribution in [2.45, 2.75) is 32.4 Å². The molecule has 6 rings (SSSR count). The minimum absolute atomic E-state index is 0.0616. The Morgan fingerprint density at radius 1 is 0.977 bits per heavy atom. The van der Waals surface area contributed by atoms with Crippen molar-refractivity contribution >= 4 is 23.4 Å². The van der Waals surface area contributed by atoms with Crippen LogP contribution < -0.4 is 10.6 Å². The highest BCUT2D eigenvalue weighted by atomic mass is 19.2. The van der Waals surface area contributed by atoms with Crippen molar-refractivity contribution < 1.29 is 28.3 Å². The number of carboxylic acid groups (broad SMARTS) is 1. The van der Waals surface area contributed by atoms with Gasteiger partial charge in [0.15, 0.2) is 17.3 Å². The zero-order valence-corrected chi connectivity index (χ0v) is 22.9. The molecule has 0 saturated carbocycles. The molecule has 1 aliphatic carbocycles. The molecule has 43 heavy (non-hydrogen) atoms. The Labute approximate surface area is 244 Å². The van der Waals surface area contributed by atoms with Gasteiger partial charge in [0.2, 0.25) is 0 Å². The maximum Gasteiger partial charge on any atom is 0.335 e. The molecule has 2 aromatic heterocycles. The fraction of sp³-hybridized carbons (Fsp3) is 0.156. The van der Waals surface area contributed by atoms with Crippen LogP contribution in [0.2, 0.25) is 0 Å². The first kappa shape index (κ1) is 27.7. The SMILES string of the molecule is Cc1c(C(=O)O)ccc2c1CC[C@@H]2NC(=O)c1cc(C(=O)NCc2ccc(F)c(F)c2)nc2cc(-c3ccccc3)nn12. The van der Waals surface area contributed by atoms with Crippen LogP contribution in [0.3, 0.4) is 0 Å². The Hall–Kier alpha value is -5.45. The molecular formula is C32H25F2N5O4. The van der Waals surface area contributed by atoms with Gasteiger partial charge in [-0.3, -0.25) is 9.59 Å². The molecule has 11 heteroatoms. The Kier molecular flexibility index (Phi) is 7.14. The molecule has 1 aliphatic rings. The number of aromatic nitrogens is 3. The second-order valence-electron chi connectivity index (χ2n) is 10.3. The number of carbonyl (C=O) groups is 3. The van der Waals surface area contributed by atoms with E-state index in [1.54, 1.807) is 25.1 Å². The molecule has 1 atom stereocenters. The van der Waals surface area contributed by atoms with Gasteiger partial charge in [0.05, 0.1) is 17.3 Å². The predicted octanol–water partition coefficient (Wildman–Crippen LogP) is 5.03. The minimum Gasteiger partial charge on any atom is -0.478 e. The summed E-state index contributed by atoms with van der Waals surface area (Å²) in [6, 6.07) is 18.5. The molecule has 0 aliphatic heterocycles. The van der Waals surface area contributed by atoms with E-state index in [1.807, 2.05) is 30.3 Å². The molecule has 9 nitrogen and oxygen atoms in total. The van der Waals surface area contributed by atoms with Crippen molar-refractivity contribution in [1.82, 2.24) is 25.2 Å². The molecule has 0 unspecified atom stereocenters. The van der Waals surface area contributed by atoms with Crippen LogP contribution in [0.1, 0.15) is 66.1 Å². The summed E-state index contributed by atoms with van der Waals surface area (Å²) in [5.74, 6) is -4.14. The van der Waals surface area contributed by atoms with Gasteiger partial charge >= 0.3 is 5.97 Å². The summed E-state index contributed by atoms with van der Waals surface area (Å²) >= 11 is 0. The van der Waals surface area contributed by atoms with E-state index in [-0.39, 0.29) is 35.2 Å². The van der Waals surface area contributed by atoms with Crippen LogP contribution >= 0.6 is 0 Å². The number of hydrogen-bond donors (Lipinski definition) is 3. The van der Waals surface area contributed by atoms with Crippen LogP contribution in [0.5, 0.6) is 0 Å². The molecule has 0 bridgehead atoms. The summed E-state index contributed by atoms with van der Waals surface area (Å²) in [6.07, 6.45) is 1.19. The van der Waals surface area contributed by atoms with Gasteiger partial charge in [-0.25, -0.2) is 23.1 Å². The Morgan fingerprint density at radius 2 is 1.77 bits per heavy atom. The maximum atomic E-state index is 13.8. The number of hydrogen-bond acceptors (Lipinski definition) is 5. The van der Waals surface area contributed by atoms with Gasteiger partial charge in [-0.1, -0.05) is 42.5 Å². The second-order valence-corrected chi connectivity index (χ2v) is 10.3. The average molecular weight is 582 g/mol. The average Bonchev–Trinajstić information content (AvgIpc) is 3.62. The van der Waals surface area contributed by atoms with Crippen molar-refractivity contribution in [3.63, 3.8) is 0 Å². The zero-order valence-electron chi connectivity index (χ0n) is 22.9. The molecule has 0 radical (unpaired) electrons. The standard InChI is InChI=1S/C32H25F2N5O4/c1-17-20-10-12-25(22(20)9-8-21(17)32(42)43)37-31(41)28-14-27(30(40)35-16-18-7-11-23(33)24(34)13-18)36-29-15-26(38-39(28)29)19-5-3-2-4-6-19/h2-9,11,13-15,25H,10,12,16H2,1H3,(H,35,40)(H,37,41)(H,42,43)/t25-/m0/s1. The van der Waals surface area contributed by atoms with Crippen LogP contribution in [-0.2, 0) is 13.0 Å². The number of benzene rings is 3. The molecule has 0 saturated heterocycles. The largest absolute Gasteiger partial charge is 0.478 e. The Morgan fingerprint density at radius 3 is 2.51 bits per heavy atom. The minimum atomic E-state index is -1.03. The quantitative estimate of drug-likeness (QED) is 0.248. The number of aromatic carboxylic acids is 1. The third kappa shape index (κ3) is 5.32. The lowest BCUT2D eigenvalue weighted by atomic mass is 9.98. The van der Waals surface area contributed by atoms with Crippen molar-refractivity contribution in [3.8, 4) is 11.3 Å². The fourth-order valence-electron chi connectivity index (χ4n) is 5.42. The zero-order chi connectivity index (χ0) is 30.2. The summed E-state index contributed by atoms with van der Waals surface area (Å²) in [5, 5.41) is 19.7. The van der Waals surface area contributed by atoms with Gasteiger partial charge in [0.1, 0.15) is 11.4 Å². The van der Waals surface area contributed by atoms with E-state index in [2.05, 4.69) is 20.7 Å². The number of nitrogens with one attached hydrogen (secondary N) is 2. The summed E-state index contributed by atoms with van der Waals surface area (Å²) in [4.78, 5) is 42.9. The normalized spacial score (nSPS) is 14.0. The van der Waals surface area contributed by atoms with Crippen molar-refractivity contribution in [2.24, 2.45) is 0 Å². The molecule has 0 fully saturated rings. The molecule has 2 amide bonds. The second kappa shape index (κ2) is 11.1. The fourth-order valence-corrected chi connectivity index (χ4v) is 5.42. The monoisotopic (exact) mass is 581 g/mol. The van der Waals surface area contributed by atoms with Gasteiger partial charge in [0.25, 0.3) is 11.8 Å². The van der Waals surface area contributed by atoms with E-state index in [0.717, 1.165) is 28.8 Å². The lowest BCUT2D eigenvalue weighted by Gasteiger charge is -2.16. The summed E-state index contributed by atoms with van der Waals surface area (Å²) in [5.41, 5.74) is 4.59. The number of nitrogens with zero attached hydrogens (tertiary/aromatic N) is 3. The molecule has 2 heterocycles. The third-order valence-electron chi connectivity index (χ3n) is 7.63. The number of halogens is 2. The van der Waals surface area contributed by atoms with Gasteiger partial charge in [0, 0.05) is 24.2 Å². The number of fused-ring (bicyclic) bond motifs is 2. The van der Waals surface area contributed by atoms with Crippen LogP contribution in [-0.4, -0.2) is 37.5 Å². The van der Waals surface area contributed by atoms with E-state index < -0.39 is 29.4 Å². The molecular weight excluding hydrogens is 556 g/mol. The van der Waals surface area contributed by atoms with Crippen LogP contribution in [0.4, 0.5) is 8.78 Å². The van der Waals surface area contributed by atoms with Crippen LogP contribution in [0, 0.1) is 18.6 Å². The van der Waals surface area contributed by atoms with E-state index in [4.69, 9.17) is 0 Å². The topological polar surface area (TPSA) is 126 Å². The van der Waals surface area contributed by atoms with Crippen molar-refractivity contribution in [3.05, 3.63) is 124 Å². The van der Waals surface area contributed by atoms with E-state index in [1.165, 1.54) is 16.6 Å². The van der Waals surface area contributed by atoms with E-state index >= 15 is 0 Å². The first-order valence-electron chi connectivity index (χ1n) is 13.5.